The number of hydrogen-bond donors (Lipinski definition) is 1. The fourth-order valence-corrected chi connectivity index (χ4v) is 2.41. The lowest BCUT2D eigenvalue weighted by Gasteiger charge is -2.08. The lowest BCUT2D eigenvalue weighted by molar-refractivity contribution is -0.141. The van der Waals surface area contributed by atoms with Crippen LogP contribution in [0.5, 0.6) is 0 Å². The van der Waals surface area contributed by atoms with Crippen LogP contribution in [0.1, 0.15) is 19.0 Å². The number of aromatic nitrogens is 1. The van der Waals surface area contributed by atoms with E-state index in [-0.39, 0.29) is 0 Å². The van der Waals surface area contributed by atoms with Gasteiger partial charge in [-0.2, -0.15) is 13.2 Å². The summed E-state index contributed by atoms with van der Waals surface area (Å²) >= 11 is 1.60. The van der Waals surface area contributed by atoms with Crippen molar-refractivity contribution in [3.8, 4) is 0 Å². The predicted molar refractivity (Wildman–Crippen MR) is 66.8 cm³/mol. The Morgan fingerprint density at radius 3 is 2.72 bits per heavy atom. The average Bonchev–Trinajstić information content (AvgIpc) is 2.76. The van der Waals surface area contributed by atoms with Crippen molar-refractivity contribution in [1.82, 2.24) is 4.98 Å². The van der Waals surface area contributed by atoms with Gasteiger partial charge in [0.2, 0.25) is 0 Å². The summed E-state index contributed by atoms with van der Waals surface area (Å²) in [7, 11) is 0. The second-order valence-corrected chi connectivity index (χ2v) is 5.14. The molecule has 0 fully saturated rings. The first-order chi connectivity index (χ1) is 8.49. The normalized spacial score (nSPS) is 19.8. The molecule has 0 aliphatic carbocycles. The molecule has 1 unspecified atom stereocenters. The molecule has 98 valence electrons. The van der Waals surface area contributed by atoms with Crippen molar-refractivity contribution >= 4 is 22.6 Å². The average molecular weight is 275 g/mol. The highest BCUT2D eigenvalue weighted by Gasteiger charge is 2.32. The van der Waals surface area contributed by atoms with Gasteiger partial charge < -0.3 is 5.32 Å². The van der Waals surface area contributed by atoms with Gasteiger partial charge >= 0.3 is 6.18 Å². The van der Waals surface area contributed by atoms with Gasteiger partial charge in [0.05, 0.1) is 18.4 Å². The summed E-state index contributed by atoms with van der Waals surface area (Å²) in [5.74, 6) is 0. The second-order valence-electron chi connectivity index (χ2n) is 3.85. The first kappa shape index (κ1) is 13.2. The van der Waals surface area contributed by atoms with Gasteiger partial charge in [-0.05, 0) is 18.6 Å². The van der Waals surface area contributed by atoms with Crippen LogP contribution in [0.15, 0.2) is 23.3 Å². The molecule has 0 amide bonds. The highest BCUT2D eigenvalue weighted by atomic mass is 32.2. The molecule has 1 aliphatic heterocycles. The molecule has 2 heterocycles. The third-order valence-corrected chi connectivity index (χ3v) is 3.75. The Hall–Kier alpha value is -1.24. The fourth-order valence-electron chi connectivity index (χ4n) is 1.46. The van der Waals surface area contributed by atoms with Crippen LogP contribution < -0.4 is 5.32 Å². The number of nitrogens with one attached hydrogen (secondary N) is 1. The lowest BCUT2D eigenvalue weighted by Crippen LogP contribution is -2.10. The maximum absolute atomic E-state index is 12.3. The smallest absolute Gasteiger partial charge is 0.334 e. The first-order valence-electron chi connectivity index (χ1n) is 5.50. The van der Waals surface area contributed by atoms with E-state index in [0.29, 0.717) is 10.9 Å². The van der Waals surface area contributed by atoms with E-state index in [2.05, 4.69) is 22.2 Å². The van der Waals surface area contributed by atoms with E-state index in [1.54, 1.807) is 11.8 Å². The Morgan fingerprint density at radius 1 is 1.44 bits per heavy atom. The molecular weight excluding hydrogens is 263 g/mol. The van der Waals surface area contributed by atoms with Gasteiger partial charge in [-0.25, -0.2) is 4.98 Å². The highest BCUT2D eigenvalue weighted by molar-refractivity contribution is 8.15. The molecule has 7 heteroatoms. The van der Waals surface area contributed by atoms with Gasteiger partial charge in [0, 0.05) is 5.25 Å². The summed E-state index contributed by atoms with van der Waals surface area (Å²) in [6.07, 6.45) is -2.21. The van der Waals surface area contributed by atoms with Crippen LogP contribution in [0.2, 0.25) is 0 Å². The van der Waals surface area contributed by atoms with E-state index in [1.807, 2.05) is 0 Å². The molecular formula is C11H12F3N3S. The van der Waals surface area contributed by atoms with Gasteiger partial charge in [-0.15, -0.1) is 0 Å². The van der Waals surface area contributed by atoms with E-state index >= 15 is 0 Å². The summed E-state index contributed by atoms with van der Waals surface area (Å²) in [5.41, 5.74) is -0.369. The number of alkyl halides is 3. The zero-order valence-corrected chi connectivity index (χ0v) is 10.5. The molecule has 0 spiro atoms. The minimum atomic E-state index is -4.40. The molecule has 1 aliphatic rings. The van der Waals surface area contributed by atoms with Gasteiger partial charge in [-0.3, -0.25) is 4.99 Å². The van der Waals surface area contributed by atoms with Crippen LogP contribution in [-0.4, -0.2) is 21.9 Å². The van der Waals surface area contributed by atoms with Crippen molar-refractivity contribution in [2.24, 2.45) is 4.99 Å². The molecule has 18 heavy (non-hydrogen) atoms. The number of thioether (sulfide) groups is 1. The molecule has 1 aromatic rings. The number of aliphatic imine (C=N–C) groups is 1. The van der Waals surface area contributed by atoms with Crippen LogP contribution >= 0.6 is 11.8 Å². The maximum Gasteiger partial charge on any atom is 0.433 e. The number of amidine groups is 1. The van der Waals surface area contributed by atoms with Crippen LogP contribution in [0, 0.1) is 0 Å². The third-order valence-electron chi connectivity index (χ3n) is 2.48. The van der Waals surface area contributed by atoms with Crippen molar-refractivity contribution in [3.63, 3.8) is 0 Å². The van der Waals surface area contributed by atoms with Gasteiger partial charge in [-0.1, -0.05) is 18.7 Å². The molecule has 1 aromatic heterocycles. The minimum absolute atomic E-state index is 0.454. The van der Waals surface area contributed by atoms with Gasteiger partial charge in [0.15, 0.2) is 5.17 Å². The number of hydrogen-bond acceptors (Lipinski definition) is 4. The second kappa shape index (κ2) is 5.17. The van der Waals surface area contributed by atoms with Crippen molar-refractivity contribution in [2.75, 3.05) is 11.9 Å². The molecule has 0 saturated carbocycles. The third kappa shape index (κ3) is 3.16. The summed E-state index contributed by atoms with van der Waals surface area (Å²) in [5, 5.41) is 4.16. The molecule has 3 nitrogen and oxygen atoms in total. The molecule has 1 atom stereocenters. The van der Waals surface area contributed by atoms with Crippen molar-refractivity contribution in [1.29, 1.82) is 0 Å². The number of nitrogens with zero attached hydrogens (tertiary/aromatic N) is 2. The number of pyridine rings is 1. The van der Waals surface area contributed by atoms with E-state index in [0.717, 1.165) is 24.2 Å². The summed E-state index contributed by atoms with van der Waals surface area (Å²) < 4.78 is 36.9. The van der Waals surface area contributed by atoms with Gasteiger partial charge in [0.25, 0.3) is 0 Å². The van der Waals surface area contributed by atoms with E-state index < -0.39 is 11.9 Å². The van der Waals surface area contributed by atoms with Crippen LogP contribution in [0.25, 0.3) is 0 Å². The van der Waals surface area contributed by atoms with Crippen LogP contribution in [0.4, 0.5) is 18.9 Å². The number of anilines is 1. The Morgan fingerprint density at radius 2 is 2.22 bits per heavy atom. The fraction of sp³-hybridized carbons (Fsp3) is 0.455. The van der Waals surface area contributed by atoms with Crippen molar-refractivity contribution < 1.29 is 13.2 Å². The standard InChI is InChI=1S/C11H12F3N3S/c1-2-8-6-16-10(18-8)17-7-3-4-9(15-5-7)11(12,13)14/h3-5,8H,2,6H2,1H3,(H,16,17). The minimum Gasteiger partial charge on any atom is -0.334 e. The summed E-state index contributed by atoms with van der Waals surface area (Å²) in [6.45, 7) is 2.83. The molecule has 0 bridgehead atoms. The van der Waals surface area contributed by atoms with Crippen molar-refractivity contribution in [2.45, 2.75) is 24.8 Å². The first-order valence-corrected chi connectivity index (χ1v) is 6.38. The number of rotatable bonds is 2. The molecule has 0 saturated heterocycles. The largest absolute Gasteiger partial charge is 0.433 e. The zero-order valence-electron chi connectivity index (χ0n) is 9.66. The zero-order chi connectivity index (χ0) is 13.2. The molecule has 0 radical (unpaired) electrons. The predicted octanol–water partition coefficient (Wildman–Crippen LogP) is 3.39. The van der Waals surface area contributed by atoms with E-state index in [9.17, 15) is 13.2 Å². The summed E-state index contributed by atoms with van der Waals surface area (Å²) in [4.78, 5) is 7.65. The maximum atomic E-state index is 12.3. The van der Waals surface area contributed by atoms with Crippen LogP contribution in [-0.2, 0) is 6.18 Å². The Labute approximate surface area is 107 Å². The van der Waals surface area contributed by atoms with E-state index in [4.69, 9.17) is 0 Å². The monoisotopic (exact) mass is 275 g/mol. The SMILES string of the molecule is CCC1CN=C(Nc2ccc(C(F)(F)F)nc2)S1. The van der Waals surface area contributed by atoms with Gasteiger partial charge in [0.1, 0.15) is 5.69 Å². The Kier molecular flexibility index (Phi) is 3.79. The quantitative estimate of drug-likeness (QED) is 0.899. The molecule has 0 aromatic carbocycles. The Balaban J connectivity index is 1.99. The molecule has 1 N–H and O–H groups in total. The summed E-state index contributed by atoms with van der Waals surface area (Å²) in [6, 6.07) is 2.32. The van der Waals surface area contributed by atoms with Crippen molar-refractivity contribution in [3.05, 3.63) is 24.0 Å². The van der Waals surface area contributed by atoms with E-state index in [1.165, 1.54) is 12.3 Å². The topological polar surface area (TPSA) is 37.3 Å². The molecule has 2 rings (SSSR count). The van der Waals surface area contributed by atoms with Crippen LogP contribution in [0.3, 0.4) is 0 Å². The number of halogens is 3. The Bertz CT molecular complexity index is 442. The highest BCUT2D eigenvalue weighted by Crippen LogP contribution is 2.28. The lowest BCUT2D eigenvalue weighted by atomic mass is 10.3.